The molecule has 11 nitrogen and oxygen atoms in total. The third kappa shape index (κ3) is 6.01. The number of alkyl carbamates (subject to hydrolysis) is 1. The standard InChI is InChI=1S/C21H29N7O4S/c1-21(2,3)24-20(29)32-15-6-5-13(9-15)16-11-18(26-25-16)23-19-17-10-14(12-33(4,30)31)27-28(17)8-7-22-19/h7-8,10-11,13,15H,5-6,9,12H2,1-4H3,(H,24,29)(H2,22,23,25,26)/t13-,15+/m0/s1. The molecular weight excluding hydrogens is 446 g/mol. The Labute approximate surface area is 192 Å². The third-order valence-corrected chi connectivity index (χ3v) is 6.09. The average Bonchev–Trinajstić information content (AvgIpc) is 3.38. The van der Waals surface area contributed by atoms with E-state index < -0.39 is 15.9 Å². The number of aromatic amines is 1. The lowest BCUT2D eigenvalue weighted by atomic mass is 10.0. The highest BCUT2D eigenvalue weighted by Gasteiger charge is 2.30. The Hall–Kier alpha value is -3.15. The number of sulfone groups is 1. The van der Waals surface area contributed by atoms with Gasteiger partial charge in [-0.05, 0) is 46.1 Å². The van der Waals surface area contributed by atoms with E-state index in [1.54, 1.807) is 23.0 Å². The summed E-state index contributed by atoms with van der Waals surface area (Å²) in [6.45, 7) is 5.74. The van der Waals surface area contributed by atoms with Gasteiger partial charge in [0.25, 0.3) is 0 Å². The van der Waals surface area contributed by atoms with E-state index in [4.69, 9.17) is 4.74 Å². The molecule has 2 atom stereocenters. The Morgan fingerprint density at radius 3 is 2.82 bits per heavy atom. The molecule has 4 rings (SSSR count). The first-order chi connectivity index (χ1) is 15.4. The SMILES string of the molecule is CC(C)(C)NC(=O)O[C@@H]1CC[C@H](c2cc(Nc3nccn4nc(CS(C)(=O)=O)cc34)n[nH]2)C1. The van der Waals surface area contributed by atoms with Crippen molar-refractivity contribution in [3.05, 3.63) is 35.9 Å². The fraction of sp³-hybridized carbons (Fsp3) is 0.524. The van der Waals surface area contributed by atoms with Crippen molar-refractivity contribution in [3.63, 3.8) is 0 Å². The lowest BCUT2D eigenvalue weighted by Gasteiger charge is -2.22. The van der Waals surface area contributed by atoms with E-state index in [0.29, 0.717) is 22.8 Å². The van der Waals surface area contributed by atoms with Crippen LogP contribution in [0, 0.1) is 0 Å². The number of hydrogen-bond donors (Lipinski definition) is 3. The smallest absolute Gasteiger partial charge is 0.407 e. The monoisotopic (exact) mass is 475 g/mol. The highest BCUT2D eigenvalue weighted by molar-refractivity contribution is 7.89. The lowest BCUT2D eigenvalue weighted by molar-refractivity contribution is 0.0936. The summed E-state index contributed by atoms with van der Waals surface area (Å²) in [7, 11) is -3.19. The van der Waals surface area contributed by atoms with Gasteiger partial charge in [-0.15, -0.1) is 0 Å². The molecule has 1 aliphatic rings. The van der Waals surface area contributed by atoms with Crippen LogP contribution in [0.1, 0.15) is 57.3 Å². The van der Waals surface area contributed by atoms with Crippen molar-refractivity contribution in [1.82, 2.24) is 30.1 Å². The maximum Gasteiger partial charge on any atom is 0.407 e. The van der Waals surface area contributed by atoms with E-state index in [2.05, 4.69) is 30.9 Å². The highest BCUT2D eigenvalue weighted by Crippen LogP contribution is 2.36. The number of aromatic nitrogens is 5. The summed E-state index contributed by atoms with van der Waals surface area (Å²) < 4.78 is 30.4. The number of carbonyl (C=O) groups excluding carboxylic acids is 1. The number of ether oxygens (including phenoxy) is 1. The molecule has 3 aromatic rings. The first kappa shape index (κ1) is 23.0. The number of carbonyl (C=O) groups is 1. The number of anilines is 2. The van der Waals surface area contributed by atoms with Gasteiger partial charge in [-0.1, -0.05) is 0 Å². The van der Waals surface area contributed by atoms with Crippen LogP contribution in [-0.2, 0) is 20.3 Å². The Kier molecular flexibility index (Phi) is 6.04. The van der Waals surface area contributed by atoms with Gasteiger partial charge in [0, 0.05) is 41.9 Å². The van der Waals surface area contributed by atoms with Crippen molar-refractivity contribution in [1.29, 1.82) is 0 Å². The number of nitrogens with zero attached hydrogens (tertiary/aromatic N) is 4. The number of nitrogens with one attached hydrogen (secondary N) is 3. The first-order valence-corrected chi connectivity index (χ1v) is 12.8. The molecular formula is C21H29N7O4S. The third-order valence-electron chi connectivity index (χ3n) is 5.27. The molecule has 178 valence electrons. The highest BCUT2D eigenvalue weighted by atomic mass is 32.2. The molecule has 1 amide bonds. The van der Waals surface area contributed by atoms with Crippen molar-refractivity contribution >= 4 is 33.1 Å². The molecule has 0 aliphatic heterocycles. The van der Waals surface area contributed by atoms with E-state index in [1.165, 1.54) is 6.26 Å². The molecule has 0 saturated heterocycles. The van der Waals surface area contributed by atoms with Crippen LogP contribution in [0.2, 0.25) is 0 Å². The second-order valence-corrected chi connectivity index (χ2v) is 11.7. The van der Waals surface area contributed by atoms with Crippen LogP contribution in [0.25, 0.3) is 5.52 Å². The maximum absolute atomic E-state index is 12.0. The predicted molar refractivity (Wildman–Crippen MR) is 123 cm³/mol. The van der Waals surface area contributed by atoms with Crippen LogP contribution in [0.15, 0.2) is 24.5 Å². The molecule has 33 heavy (non-hydrogen) atoms. The number of rotatable bonds is 6. The topological polar surface area (TPSA) is 143 Å². The molecule has 0 spiro atoms. The van der Waals surface area contributed by atoms with E-state index in [0.717, 1.165) is 25.0 Å². The Balaban J connectivity index is 1.41. The zero-order valence-electron chi connectivity index (χ0n) is 19.1. The zero-order valence-corrected chi connectivity index (χ0v) is 19.9. The van der Waals surface area contributed by atoms with Crippen LogP contribution < -0.4 is 10.6 Å². The molecule has 12 heteroatoms. The van der Waals surface area contributed by atoms with Crippen molar-refractivity contribution in [2.45, 2.75) is 63.3 Å². The summed E-state index contributed by atoms with van der Waals surface area (Å²) >= 11 is 0. The van der Waals surface area contributed by atoms with Gasteiger partial charge in [0.05, 0.1) is 11.4 Å². The van der Waals surface area contributed by atoms with Gasteiger partial charge in [0.1, 0.15) is 11.6 Å². The van der Waals surface area contributed by atoms with Crippen LogP contribution in [0.5, 0.6) is 0 Å². The van der Waals surface area contributed by atoms with Gasteiger partial charge >= 0.3 is 6.09 Å². The zero-order chi connectivity index (χ0) is 23.8. The van der Waals surface area contributed by atoms with E-state index in [1.807, 2.05) is 26.8 Å². The second-order valence-electron chi connectivity index (χ2n) is 9.56. The lowest BCUT2D eigenvalue weighted by Crippen LogP contribution is -2.42. The fourth-order valence-corrected chi connectivity index (χ4v) is 4.63. The van der Waals surface area contributed by atoms with E-state index in [-0.39, 0.29) is 23.3 Å². The Morgan fingerprint density at radius 1 is 1.30 bits per heavy atom. The summed E-state index contributed by atoms with van der Waals surface area (Å²) in [5, 5.41) is 17.7. The number of amides is 1. The first-order valence-electron chi connectivity index (χ1n) is 10.8. The molecule has 0 aromatic carbocycles. The summed E-state index contributed by atoms with van der Waals surface area (Å²) in [6.07, 6.45) is 6.31. The number of H-pyrrole nitrogens is 1. The minimum atomic E-state index is -3.19. The normalized spacial score (nSPS) is 19.0. The number of hydrogen-bond acceptors (Lipinski definition) is 8. The maximum atomic E-state index is 12.0. The summed E-state index contributed by atoms with van der Waals surface area (Å²) in [5.41, 5.74) is 1.72. The van der Waals surface area contributed by atoms with Crippen LogP contribution in [0.4, 0.5) is 16.4 Å². The van der Waals surface area contributed by atoms with Gasteiger partial charge in [-0.25, -0.2) is 22.7 Å². The molecule has 3 aromatic heterocycles. The second kappa shape index (κ2) is 8.65. The fourth-order valence-electron chi connectivity index (χ4n) is 3.96. The molecule has 0 radical (unpaired) electrons. The van der Waals surface area contributed by atoms with Gasteiger partial charge in [0.15, 0.2) is 21.5 Å². The van der Waals surface area contributed by atoms with Crippen LogP contribution in [0.3, 0.4) is 0 Å². The summed E-state index contributed by atoms with van der Waals surface area (Å²) in [6, 6.07) is 3.62. The quantitative estimate of drug-likeness (QED) is 0.494. The minimum absolute atomic E-state index is 0.132. The molecule has 3 heterocycles. The van der Waals surface area contributed by atoms with Crippen LogP contribution in [-0.4, -0.2) is 57.2 Å². The predicted octanol–water partition coefficient (Wildman–Crippen LogP) is 2.90. The summed E-state index contributed by atoms with van der Waals surface area (Å²) in [5.74, 6) is 1.18. The van der Waals surface area contributed by atoms with Gasteiger partial charge < -0.3 is 15.4 Å². The Morgan fingerprint density at radius 2 is 2.09 bits per heavy atom. The van der Waals surface area contributed by atoms with Crippen molar-refractivity contribution in [2.75, 3.05) is 11.6 Å². The molecule has 3 N–H and O–H groups in total. The Bertz CT molecular complexity index is 1260. The number of fused-ring (bicyclic) bond motifs is 1. The van der Waals surface area contributed by atoms with Crippen LogP contribution >= 0.6 is 0 Å². The molecule has 1 aliphatic carbocycles. The van der Waals surface area contributed by atoms with E-state index >= 15 is 0 Å². The van der Waals surface area contributed by atoms with E-state index in [9.17, 15) is 13.2 Å². The van der Waals surface area contributed by atoms with Gasteiger partial charge in [-0.3, -0.25) is 5.10 Å². The molecule has 0 unspecified atom stereocenters. The summed E-state index contributed by atoms with van der Waals surface area (Å²) in [4.78, 5) is 16.4. The molecule has 1 fully saturated rings. The van der Waals surface area contributed by atoms with Crippen molar-refractivity contribution in [2.24, 2.45) is 0 Å². The largest absolute Gasteiger partial charge is 0.446 e. The molecule has 1 saturated carbocycles. The molecule has 0 bridgehead atoms. The van der Waals surface area contributed by atoms with Crippen molar-refractivity contribution in [3.8, 4) is 0 Å². The van der Waals surface area contributed by atoms with Gasteiger partial charge in [0.2, 0.25) is 0 Å². The minimum Gasteiger partial charge on any atom is -0.446 e. The average molecular weight is 476 g/mol. The van der Waals surface area contributed by atoms with Crippen molar-refractivity contribution < 1.29 is 17.9 Å². The van der Waals surface area contributed by atoms with Gasteiger partial charge in [-0.2, -0.15) is 10.2 Å².